The lowest BCUT2D eigenvalue weighted by Gasteiger charge is -2.27. The quantitative estimate of drug-likeness (QED) is 0.464. The van der Waals surface area contributed by atoms with Crippen LogP contribution in [0.1, 0.15) is 34.7 Å². The number of carbonyl (C=O) groups is 1. The van der Waals surface area contributed by atoms with E-state index in [1.165, 1.54) is 0 Å². The molecule has 1 atom stereocenters. The number of halogens is 6. The Morgan fingerprint density at radius 3 is 2.34 bits per heavy atom. The zero-order valence-electron chi connectivity index (χ0n) is 15.2. The molecule has 0 radical (unpaired) electrons. The van der Waals surface area contributed by atoms with E-state index in [1.54, 1.807) is 13.0 Å². The average Bonchev–Trinajstić information content (AvgIpc) is 2.65. The van der Waals surface area contributed by atoms with Gasteiger partial charge in [-0.05, 0) is 41.3 Å². The van der Waals surface area contributed by atoms with Crippen molar-refractivity contribution in [1.29, 1.82) is 0 Å². The molecule has 0 heterocycles. The minimum absolute atomic E-state index is 0.0799. The maximum Gasteiger partial charge on any atom is 0.416 e. The standard InChI is InChI=1S/C21H16F6O2/c1-12-16-5-3-2-4-13(16)8-19(17(12)10-28)29-11-14-6-7-15(20(22,23)24)9-18(14)21(25,26)27/h2-7,9-10,19H,8,11H2,1H3. The van der Waals surface area contributed by atoms with Crippen molar-refractivity contribution in [1.82, 2.24) is 0 Å². The Balaban J connectivity index is 1.90. The molecule has 0 aromatic heterocycles. The Morgan fingerprint density at radius 1 is 1.03 bits per heavy atom. The van der Waals surface area contributed by atoms with E-state index in [4.69, 9.17) is 4.74 Å². The average molecular weight is 414 g/mol. The van der Waals surface area contributed by atoms with E-state index in [1.807, 2.05) is 18.2 Å². The molecule has 0 saturated carbocycles. The highest BCUT2D eigenvalue weighted by molar-refractivity contribution is 5.90. The summed E-state index contributed by atoms with van der Waals surface area (Å²) in [5.41, 5.74) is -0.503. The summed E-state index contributed by atoms with van der Waals surface area (Å²) in [7, 11) is 0. The summed E-state index contributed by atoms with van der Waals surface area (Å²) in [6.45, 7) is 1.14. The molecule has 0 saturated heterocycles. The monoisotopic (exact) mass is 414 g/mol. The number of alkyl halides is 6. The van der Waals surface area contributed by atoms with Crippen LogP contribution in [-0.2, 0) is 34.9 Å². The first-order valence-corrected chi connectivity index (χ1v) is 8.65. The SMILES string of the molecule is CC1=C(C=O)C(OCc2ccc(C(F)(F)F)cc2C(F)(F)F)Cc2ccccc21. The summed E-state index contributed by atoms with van der Waals surface area (Å²) in [6, 6.07) is 8.70. The first-order valence-electron chi connectivity index (χ1n) is 8.65. The van der Waals surface area contributed by atoms with Gasteiger partial charge in [-0.2, -0.15) is 26.3 Å². The lowest BCUT2D eigenvalue weighted by Crippen LogP contribution is -2.25. The molecule has 2 aromatic rings. The first kappa shape index (κ1) is 21.1. The molecule has 3 rings (SSSR count). The van der Waals surface area contributed by atoms with Crippen molar-refractivity contribution >= 4 is 11.9 Å². The fourth-order valence-corrected chi connectivity index (χ4v) is 3.42. The zero-order chi connectivity index (χ0) is 21.4. The maximum absolute atomic E-state index is 13.3. The van der Waals surface area contributed by atoms with Crippen molar-refractivity contribution in [2.24, 2.45) is 0 Å². The van der Waals surface area contributed by atoms with Crippen LogP contribution in [-0.4, -0.2) is 12.4 Å². The second-order valence-corrected chi connectivity index (χ2v) is 6.73. The van der Waals surface area contributed by atoms with Gasteiger partial charge in [-0.1, -0.05) is 30.3 Å². The van der Waals surface area contributed by atoms with Crippen molar-refractivity contribution in [3.05, 3.63) is 75.9 Å². The van der Waals surface area contributed by atoms with Crippen LogP contribution in [0.5, 0.6) is 0 Å². The fraction of sp³-hybridized carbons (Fsp3) is 0.286. The number of rotatable bonds is 4. The van der Waals surface area contributed by atoms with Gasteiger partial charge in [0, 0.05) is 12.0 Å². The molecular formula is C21H16F6O2. The van der Waals surface area contributed by atoms with Gasteiger partial charge in [0.25, 0.3) is 0 Å². The van der Waals surface area contributed by atoms with Gasteiger partial charge in [-0.15, -0.1) is 0 Å². The van der Waals surface area contributed by atoms with Gasteiger partial charge >= 0.3 is 12.4 Å². The van der Waals surface area contributed by atoms with E-state index >= 15 is 0 Å². The van der Waals surface area contributed by atoms with Crippen LogP contribution in [0.15, 0.2) is 48.0 Å². The largest absolute Gasteiger partial charge is 0.416 e. The minimum Gasteiger partial charge on any atom is -0.368 e. The highest BCUT2D eigenvalue weighted by atomic mass is 19.4. The van der Waals surface area contributed by atoms with Crippen molar-refractivity contribution < 1.29 is 35.9 Å². The number of ether oxygens (including phenoxy) is 1. The number of allylic oxidation sites excluding steroid dienone is 1. The molecule has 0 aliphatic heterocycles. The molecule has 0 amide bonds. The molecule has 1 unspecified atom stereocenters. The van der Waals surface area contributed by atoms with Gasteiger partial charge in [-0.25, -0.2) is 0 Å². The van der Waals surface area contributed by atoms with Crippen LogP contribution in [0.3, 0.4) is 0 Å². The lowest BCUT2D eigenvalue weighted by molar-refractivity contribution is -0.144. The topological polar surface area (TPSA) is 26.3 Å². The van der Waals surface area contributed by atoms with E-state index in [-0.39, 0.29) is 12.5 Å². The molecule has 0 N–H and O–H groups in total. The van der Waals surface area contributed by atoms with Crippen LogP contribution in [0.4, 0.5) is 26.3 Å². The van der Waals surface area contributed by atoms with Crippen molar-refractivity contribution in [2.45, 2.75) is 38.4 Å². The molecule has 1 aliphatic rings. The van der Waals surface area contributed by atoms with Crippen molar-refractivity contribution in [2.75, 3.05) is 0 Å². The highest BCUT2D eigenvalue weighted by Gasteiger charge is 2.38. The van der Waals surface area contributed by atoms with Gasteiger partial charge in [0.05, 0.1) is 23.8 Å². The second-order valence-electron chi connectivity index (χ2n) is 6.73. The number of fused-ring (bicyclic) bond motifs is 1. The number of carbonyl (C=O) groups excluding carboxylic acids is 1. The molecule has 29 heavy (non-hydrogen) atoms. The Labute approximate surface area is 162 Å². The van der Waals surface area contributed by atoms with Crippen LogP contribution in [0, 0.1) is 0 Å². The predicted octanol–water partition coefficient (Wildman–Crippen LogP) is 5.84. The third-order valence-corrected chi connectivity index (χ3v) is 4.92. The van der Waals surface area contributed by atoms with Crippen molar-refractivity contribution in [3.8, 4) is 0 Å². The number of benzene rings is 2. The maximum atomic E-state index is 13.3. The first-order chi connectivity index (χ1) is 13.5. The van der Waals surface area contributed by atoms with Crippen LogP contribution < -0.4 is 0 Å². The molecule has 0 fully saturated rings. The van der Waals surface area contributed by atoms with E-state index < -0.39 is 41.8 Å². The Kier molecular flexibility index (Phi) is 5.58. The summed E-state index contributed by atoms with van der Waals surface area (Å²) >= 11 is 0. The summed E-state index contributed by atoms with van der Waals surface area (Å²) < 4.78 is 83.9. The van der Waals surface area contributed by atoms with E-state index in [0.29, 0.717) is 23.5 Å². The highest BCUT2D eigenvalue weighted by Crippen LogP contribution is 2.38. The molecule has 2 nitrogen and oxygen atoms in total. The van der Waals surface area contributed by atoms with Gasteiger partial charge in [0.2, 0.25) is 0 Å². The Hall–Kier alpha value is -2.61. The third-order valence-electron chi connectivity index (χ3n) is 4.92. The molecule has 0 spiro atoms. The Bertz CT molecular complexity index is 956. The summed E-state index contributed by atoms with van der Waals surface area (Å²) in [5.74, 6) is 0. The zero-order valence-corrected chi connectivity index (χ0v) is 15.2. The smallest absolute Gasteiger partial charge is 0.368 e. The molecule has 154 valence electrons. The normalized spacial score (nSPS) is 17.3. The van der Waals surface area contributed by atoms with Gasteiger partial charge in [0.15, 0.2) is 0 Å². The summed E-state index contributed by atoms with van der Waals surface area (Å²) in [5, 5.41) is 0. The third kappa shape index (κ3) is 4.37. The van der Waals surface area contributed by atoms with Crippen LogP contribution >= 0.6 is 0 Å². The molecule has 1 aliphatic carbocycles. The molecule has 2 aromatic carbocycles. The predicted molar refractivity (Wildman–Crippen MR) is 93.8 cm³/mol. The van der Waals surface area contributed by atoms with Gasteiger partial charge in [-0.3, -0.25) is 4.79 Å². The van der Waals surface area contributed by atoms with Gasteiger partial charge < -0.3 is 4.74 Å². The van der Waals surface area contributed by atoms with E-state index in [0.717, 1.165) is 17.2 Å². The molecule has 8 heteroatoms. The van der Waals surface area contributed by atoms with E-state index in [9.17, 15) is 31.1 Å². The summed E-state index contributed by atoms with van der Waals surface area (Å²) in [4.78, 5) is 11.5. The molecular weight excluding hydrogens is 398 g/mol. The van der Waals surface area contributed by atoms with Crippen LogP contribution in [0.25, 0.3) is 5.57 Å². The molecule has 0 bridgehead atoms. The lowest BCUT2D eigenvalue weighted by atomic mass is 9.85. The van der Waals surface area contributed by atoms with E-state index in [2.05, 4.69) is 0 Å². The van der Waals surface area contributed by atoms with Crippen LogP contribution in [0.2, 0.25) is 0 Å². The van der Waals surface area contributed by atoms with Gasteiger partial charge in [0.1, 0.15) is 6.29 Å². The van der Waals surface area contributed by atoms with Crippen molar-refractivity contribution in [3.63, 3.8) is 0 Å². The number of aldehydes is 1. The number of hydrogen-bond donors (Lipinski definition) is 0. The Morgan fingerprint density at radius 2 is 1.72 bits per heavy atom. The minimum atomic E-state index is -4.97. The second kappa shape index (κ2) is 7.67. The summed E-state index contributed by atoms with van der Waals surface area (Å²) in [6.07, 6.45) is -9.77. The number of hydrogen-bond acceptors (Lipinski definition) is 2. The fourth-order valence-electron chi connectivity index (χ4n) is 3.42.